The Hall–Kier alpha value is -0.355. The molecule has 0 aromatic carbocycles. The van der Waals surface area contributed by atoms with E-state index in [4.69, 9.17) is 0 Å². The van der Waals surface area contributed by atoms with E-state index in [1.165, 1.54) is 0 Å². The summed E-state index contributed by atoms with van der Waals surface area (Å²) in [6.45, 7) is -5.72. The maximum atomic E-state index is 10.9. The van der Waals surface area contributed by atoms with Crippen molar-refractivity contribution in [1.82, 2.24) is 0 Å². The van der Waals surface area contributed by atoms with Crippen LogP contribution < -0.4 is 0 Å². The predicted molar refractivity (Wildman–Crippen MR) is 19.9 cm³/mol. The first-order chi connectivity index (χ1) is 3.71. The number of alkyl halides is 3. The molecule has 0 bridgehead atoms. The number of rotatable bonds is 1. The lowest BCUT2D eigenvalue weighted by Gasteiger charge is -2.15. The van der Waals surface area contributed by atoms with Crippen LogP contribution in [-0.4, -0.2) is 13.2 Å². The van der Waals surface area contributed by atoms with Crippen molar-refractivity contribution in [3.05, 3.63) is 0 Å². The van der Waals surface area contributed by atoms with Crippen molar-refractivity contribution in [3.8, 4) is 0 Å². The standard InChI is InChI=1S/C2H2BF6/c4-2(5,6)1-3(7,8)9/h1H2/q-1. The van der Waals surface area contributed by atoms with Gasteiger partial charge in [0.15, 0.2) is 0 Å². The van der Waals surface area contributed by atoms with Crippen LogP contribution in [0.4, 0.5) is 26.1 Å². The van der Waals surface area contributed by atoms with Gasteiger partial charge in [0.1, 0.15) is 0 Å². The highest BCUT2D eigenvalue weighted by Gasteiger charge is 2.39. The van der Waals surface area contributed by atoms with E-state index in [1.807, 2.05) is 0 Å². The van der Waals surface area contributed by atoms with E-state index in [0.717, 1.165) is 0 Å². The summed E-state index contributed by atoms with van der Waals surface area (Å²) >= 11 is 0. The van der Waals surface area contributed by atoms with Gasteiger partial charge in [-0.05, 0) is 0 Å². The molecule has 0 aliphatic carbocycles. The largest absolute Gasteiger partial charge is 0.487 e. The molecule has 9 heavy (non-hydrogen) atoms. The highest BCUT2D eigenvalue weighted by molar-refractivity contribution is 6.58. The third-order valence-corrected chi connectivity index (χ3v) is 0.463. The molecule has 0 saturated carbocycles. The lowest BCUT2D eigenvalue weighted by atomic mass is 9.86. The quantitative estimate of drug-likeness (QED) is 0.398. The minimum atomic E-state index is -5.72. The minimum absolute atomic E-state index is 2.65. The highest BCUT2D eigenvalue weighted by Crippen LogP contribution is 2.29. The molecule has 0 radical (unpaired) electrons. The normalized spacial score (nSPS) is 14.0. The van der Waals surface area contributed by atoms with Crippen LogP contribution in [0.3, 0.4) is 0 Å². The molecule has 0 N–H and O–H groups in total. The monoisotopic (exact) mass is 151 g/mol. The summed E-state index contributed by atoms with van der Waals surface area (Å²) in [7, 11) is 0. The zero-order valence-corrected chi connectivity index (χ0v) is 4.05. The van der Waals surface area contributed by atoms with Crippen molar-refractivity contribution >= 4 is 6.98 Å². The van der Waals surface area contributed by atoms with E-state index < -0.39 is 19.5 Å². The second-order valence-corrected chi connectivity index (χ2v) is 1.53. The fourth-order valence-corrected chi connectivity index (χ4v) is 0.262. The topological polar surface area (TPSA) is 0 Å². The number of halogens is 6. The SMILES string of the molecule is F[B-](F)(F)CC(F)(F)F. The Kier molecular flexibility index (Phi) is 2.03. The maximum Gasteiger partial charge on any atom is 0.487 e. The van der Waals surface area contributed by atoms with Gasteiger partial charge in [0.25, 0.3) is 0 Å². The van der Waals surface area contributed by atoms with Gasteiger partial charge < -0.3 is 12.9 Å². The van der Waals surface area contributed by atoms with Crippen molar-refractivity contribution in [2.24, 2.45) is 0 Å². The van der Waals surface area contributed by atoms with E-state index >= 15 is 0 Å². The molecule has 0 aromatic heterocycles. The van der Waals surface area contributed by atoms with Crippen molar-refractivity contribution in [3.63, 3.8) is 0 Å². The van der Waals surface area contributed by atoms with Gasteiger partial charge >= 0.3 is 13.2 Å². The molecule has 0 aromatic rings. The Balaban J connectivity index is 3.75. The Morgan fingerprint density at radius 2 is 1.33 bits per heavy atom. The summed E-state index contributed by atoms with van der Waals surface area (Å²) in [6.07, 6.45) is -7.76. The average Bonchev–Trinajstić information content (AvgIpc) is 1.14. The first kappa shape index (κ1) is 8.64. The summed E-state index contributed by atoms with van der Waals surface area (Å²) < 4.78 is 65.2. The molecule has 0 amide bonds. The van der Waals surface area contributed by atoms with E-state index in [1.54, 1.807) is 0 Å². The molecule has 0 aliphatic rings. The minimum Gasteiger partial charge on any atom is -0.449 e. The number of hydrogen-bond acceptors (Lipinski definition) is 0. The van der Waals surface area contributed by atoms with Crippen LogP contribution in [-0.2, 0) is 0 Å². The second kappa shape index (κ2) is 2.11. The molecule has 0 heterocycles. The van der Waals surface area contributed by atoms with Crippen molar-refractivity contribution in [2.75, 3.05) is 0 Å². The van der Waals surface area contributed by atoms with Gasteiger partial charge in [-0.2, -0.15) is 13.2 Å². The Morgan fingerprint density at radius 1 is 1.00 bits per heavy atom. The van der Waals surface area contributed by atoms with E-state index in [2.05, 4.69) is 0 Å². The summed E-state index contributed by atoms with van der Waals surface area (Å²) in [5.74, 6) is 0. The first-order valence-corrected chi connectivity index (χ1v) is 1.98. The fourth-order valence-electron chi connectivity index (χ4n) is 0.262. The van der Waals surface area contributed by atoms with Crippen LogP contribution in [0.2, 0.25) is 6.32 Å². The van der Waals surface area contributed by atoms with Gasteiger partial charge in [-0.1, -0.05) is 0 Å². The summed E-state index contributed by atoms with van der Waals surface area (Å²) in [5.41, 5.74) is 0. The van der Waals surface area contributed by atoms with Crippen LogP contribution in [0.25, 0.3) is 0 Å². The third kappa shape index (κ3) is 7.64. The van der Waals surface area contributed by atoms with Gasteiger partial charge in [0.2, 0.25) is 0 Å². The van der Waals surface area contributed by atoms with Gasteiger partial charge in [-0.15, -0.1) is 0 Å². The molecular weight excluding hydrogens is 149 g/mol. The molecule has 56 valence electrons. The average molecular weight is 151 g/mol. The van der Waals surface area contributed by atoms with Gasteiger partial charge in [-0.25, -0.2) is 0 Å². The van der Waals surface area contributed by atoms with Crippen LogP contribution in [0.5, 0.6) is 0 Å². The molecule has 0 fully saturated rings. The van der Waals surface area contributed by atoms with Gasteiger partial charge in [-0.3, -0.25) is 0 Å². The molecule has 0 nitrogen and oxygen atoms in total. The molecule has 0 unspecified atom stereocenters. The van der Waals surface area contributed by atoms with Crippen LogP contribution >= 0.6 is 0 Å². The van der Waals surface area contributed by atoms with Gasteiger partial charge in [0.05, 0.1) is 0 Å². The Bertz CT molecular complexity index is 76.2. The Morgan fingerprint density at radius 3 is 1.33 bits per heavy atom. The van der Waals surface area contributed by atoms with E-state index in [0.29, 0.717) is 0 Å². The zero-order chi connectivity index (χ0) is 7.71. The molecule has 0 saturated heterocycles. The molecule has 0 spiro atoms. The van der Waals surface area contributed by atoms with Crippen molar-refractivity contribution < 1.29 is 26.1 Å². The maximum absolute atomic E-state index is 10.9. The van der Waals surface area contributed by atoms with Gasteiger partial charge in [0, 0.05) is 6.32 Å². The Labute approximate surface area is 46.9 Å². The van der Waals surface area contributed by atoms with Crippen LogP contribution in [0.1, 0.15) is 0 Å². The molecular formula is C2H2BF6-. The van der Waals surface area contributed by atoms with Crippen LogP contribution in [0.15, 0.2) is 0 Å². The molecule has 0 rings (SSSR count). The molecule has 0 atom stereocenters. The second-order valence-electron chi connectivity index (χ2n) is 1.53. The summed E-state index contributed by atoms with van der Waals surface area (Å²) in [6, 6.07) is 0. The highest BCUT2D eigenvalue weighted by atomic mass is 19.4. The lowest BCUT2D eigenvalue weighted by molar-refractivity contribution is -0.114. The molecule has 0 aliphatic heterocycles. The molecule has 7 heteroatoms. The zero-order valence-electron chi connectivity index (χ0n) is 4.05. The van der Waals surface area contributed by atoms with Crippen LogP contribution in [0, 0.1) is 0 Å². The third-order valence-electron chi connectivity index (χ3n) is 0.463. The summed E-state index contributed by atoms with van der Waals surface area (Å²) in [5, 5.41) is 0. The van der Waals surface area contributed by atoms with Crippen molar-refractivity contribution in [2.45, 2.75) is 12.5 Å². The fraction of sp³-hybridized carbons (Fsp3) is 1.00. The van der Waals surface area contributed by atoms with E-state index in [-0.39, 0.29) is 0 Å². The smallest absolute Gasteiger partial charge is 0.449 e. The lowest BCUT2D eigenvalue weighted by Crippen LogP contribution is -2.24. The van der Waals surface area contributed by atoms with E-state index in [9.17, 15) is 26.1 Å². The summed E-state index contributed by atoms with van der Waals surface area (Å²) in [4.78, 5) is 0. The first-order valence-electron chi connectivity index (χ1n) is 1.98. The predicted octanol–water partition coefficient (Wildman–Crippen LogP) is 2.40. The van der Waals surface area contributed by atoms with Crippen molar-refractivity contribution in [1.29, 1.82) is 0 Å². The number of hydrogen-bond donors (Lipinski definition) is 0.